The van der Waals surface area contributed by atoms with Crippen LogP contribution < -0.4 is 10.6 Å². The van der Waals surface area contributed by atoms with Crippen LogP contribution in [0.2, 0.25) is 0 Å². The van der Waals surface area contributed by atoms with Crippen LogP contribution in [0.3, 0.4) is 0 Å². The summed E-state index contributed by atoms with van der Waals surface area (Å²) >= 11 is 3.01. The van der Waals surface area contributed by atoms with Crippen molar-refractivity contribution in [3.05, 3.63) is 33.0 Å². The number of carbonyl (C=O) groups is 2. The van der Waals surface area contributed by atoms with Crippen molar-refractivity contribution < 1.29 is 9.59 Å². The van der Waals surface area contributed by atoms with E-state index in [1.807, 2.05) is 11.4 Å². The number of aryl methyl sites for hydroxylation is 2. The highest BCUT2D eigenvalue weighted by molar-refractivity contribution is 7.15. The van der Waals surface area contributed by atoms with Crippen LogP contribution in [0, 0.1) is 0 Å². The van der Waals surface area contributed by atoms with Crippen molar-refractivity contribution in [2.75, 3.05) is 11.9 Å². The number of thiazole rings is 1. The summed E-state index contributed by atoms with van der Waals surface area (Å²) in [5.41, 5.74) is 1.15. The molecule has 1 aliphatic carbocycles. The van der Waals surface area contributed by atoms with Crippen LogP contribution in [0.5, 0.6) is 0 Å². The molecule has 1 aliphatic rings. The molecule has 2 N–H and O–H groups in total. The molecule has 2 aromatic rings. The molecule has 2 heterocycles. The third-order valence-electron chi connectivity index (χ3n) is 3.70. The number of thiophene rings is 1. The molecular weight excluding hydrogens is 330 g/mol. The predicted molar refractivity (Wildman–Crippen MR) is 93.3 cm³/mol. The van der Waals surface area contributed by atoms with E-state index in [1.54, 1.807) is 17.4 Å². The van der Waals surface area contributed by atoms with Gasteiger partial charge >= 0.3 is 0 Å². The largest absolute Gasteiger partial charge is 0.351 e. The number of rotatable bonds is 6. The molecule has 0 bridgehead atoms. The number of aromatic nitrogens is 1. The summed E-state index contributed by atoms with van der Waals surface area (Å²) in [6, 6.07) is 3.64. The quantitative estimate of drug-likeness (QED) is 0.787. The molecule has 122 valence electrons. The minimum Gasteiger partial charge on any atom is -0.351 e. The third-order valence-corrected chi connectivity index (χ3v) is 5.64. The Balaban J connectivity index is 1.38. The van der Waals surface area contributed by atoms with E-state index >= 15 is 0 Å². The second kappa shape index (κ2) is 7.70. The number of hydrogen-bond donors (Lipinski definition) is 2. The minimum atomic E-state index is -0.0759. The topological polar surface area (TPSA) is 71.1 Å². The van der Waals surface area contributed by atoms with Crippen LogP contribution >= 0.6 is 22.7 Å². The smallest absolute Gasteiger partial charge is 0.261 e. The van der Waals surface area contributed by atoms with E-state index in [0.29, 0.717) is 29.4 Å². The maximum absolute atomic E-state index is 11.9. The Morgan fingerprint density at radius 1 is 1.26 bits per heavy atom. The molecule has 0 aromatic carbocycles. The number of nitrogens with one attached hydrogen (secondary N) is 2. The van der Waals surface area contributed by atoms with Crippen molar-refractivity contribution in [1.82, 2.24) is 10.3 Å². The van der Waals surface area contributed by atoms with Crippen LogP contribution in [-0.4, -0.2) is 23.3 Å². The fourth-order valence-corrected chi connectivity index (χ4v) is 4.24. The van der Waals surface area contributed by atoms with E-state index in [9.17, 15) is 9.59 Å². The first-order valence-corrected chi connectivity index (χ1v) is 9.52. The number of hydrogen-bond acceptors (Lipinski definition) is 5. The fraction of sp³-hybridized carbons (Fsp3) is 0.438. The van der Waals surface area contributed by atoms with Crippen LogP contribution in [0.25, 0.3) is 0 Å². The van der Waals surface area contributed by atoms with Crippen LogP contribution in [-0.2, 0) is 17.6 Å². The molecule has 3 rings (SSSR count). The van der Waals surface area contributed by atoms with Crippen molar-refractivity contribution in [2.24, 2.45) is 0 Å². The normalized spacial score (nSPS) is 13.4. The molecule has 0 saturated heterocycles. The Labute approximate surface area is 143 Å². The van der Waals surface area contributed by atoms with Gasteiger partial charge in [0.15, 0.2) is 5.13 Å². The average Bonchev–Trinajstić information content (AvgIpc) is 3.20. The lowest BCUT2D eigenvalue weighted by atomic mass is 10.0. The van der Waals surface area contributed by atoms with Gasteiger partial charge in [0.1, 0.15) is 0 Å². The van der Waals surface area contributed by atoms with Crippen molar-refractivity contribution >= 4 is 39.6 Å². The molecule has 0 unspecified atom stereocenters. The molecule has 0 aliphatic heterocycles. The minimum absolute atomic E-state index is 0.0403. The molecule has 5 nitrogen and oxygen atoms in total. The van der Waals surface area contributed by atoms with E-state index in [2.05, 4.69) is 15.6 Å². The van der Waals surface area contributed by atoms with Gasteiger partial charge < -0.3 is 10.6 Å². The number of fused-ring (bicyclic) bond motifs is 1. The monoisotopic (exact) mass is 349 g/mol. The highest BCUT2D eigenvalue weighted by atomic mass is 32.1. The zero-order valence-electron chi connectivity index (χ0n) is 12.8. The van der Waals surface area contributed by atoms with Crippen LogP contribution in [0.1, 0.15) is 45.9 Å². The Hall–Kier alpha value is -1.73. The zero-order valence-corrected chi connectivity index (χ0v) is 14.4. The molecule has 23 heavy (non-hydrogen) atoms. The molecule has 0 spiro atoms. The number of nitrogens with zero attached hydrogens (tertiary/aromatic N) is 1. The Bertz CT molecular complexity index is 656. The first kappa shape index (κ1) is 16.1. The average molecular weight is 349 g/mol. The Morgan fingerprint density at radius 3 is 2.91 bits per heavy atom. The lowest BCUT2D eigenvalue weighted by molar-refractivity contribution is -0.116. The first-order valence-electron chi connectivity index (χ1n) is 7.82. The SMILES string of the molecule is O=C(CCCNC(=O)c1cccs1)Nc1nc2c(s1)CCCC2. The van der Waals surface area contributed by atoms with Gasteiger partial charge in [-0.3, -0.25) is 9.59 Å². The van der Waals surface area contributed by atoms with Gasteiger partial charge in [0, 0.05) is 17.8 Å². The van der Waals surface area contributed by atoms with E-state index in [-0.39, 0.29) is 11.8 Å². The predicted octanol–water partition coefficient (Wildman–Crippen LogP) is 3.23. The van der Waals surface area contributed by atoms with E-state index in [4.69, 9.17) is 0 Å². The van der Waals surface area contributed by atoms with Gasteiger partial charge in [-0.2, -0.15) is 0 Å². The van der Waals surface area contributed by atoms with Gasteiger partial charge in [-0.15, -0.1) is 22.7 Å². The first-order chi connectivity index (χ1) is 11.2. The van der Waals surface area contributed by atoms with E-state index < -0.39 is 0 Å². The summed E-state index contributed by atoms with van der Waals surface area (Å²) in [5, 5.41) is 8.28. The van der Waals surface area contributed by atoms with Gasteiger partial charge in [0.05, 0.1) is 10.6 Å². The second-order valence-corrected chi connectivity index (χ2v) is 7.51. The maximum atomic E-state index is 11.9. The molecule has 0 fully saturated rings. The molecule has 2 aromatic heterocycles. The number of anilines is 1. The van der Waals surface area contributed by atoms with Gasteiger partial charge in [0.2, 0.25) is 5.91 Å². The third kappa shape index (κ3) is 4.39. The molecule has 0 radical (unpaired) electrons. The second-order valence-electron chi connectivity index (χ2n) is 5.48. The highest BCUT2D eigenvalue weighted by Gasteiger charge is 2.16. The Morgan fingerprint density at radius 2 is 2.13 bits per heavy atom. The summed E-state index contributed by atoms with van der Waals surface area (Å²) in [5.74, 6) is -0.116. The molecule has 7 heteroatoms. The van der Waals surface area contributed by atoms with Crippen molar-refractivity contribution in [3.63, 3.8) is 0 Å². The fourth-order valence-electron chi connectivity index (χ4n) is 2.53. The summed E-state index contributed by atoms with van der Waals surface area (Å²) in [6.07, 6.45) is 5.51. The Kier molecular flexibility index (Phi) is 5.40. The van der Waals surface area contributed by atoms with E-state index in [1.165, 1.54) is 29.1 Å². The van der Waals surface area contributed by atoms with Gasteiger partial charge in [-0.25, -0.2) is 4.98 Å². The summed E-state index contributed by atoms with van der Waals surface area (Å²) in [6.45, 7) is 0.499. The van der Waals surface area contributed by atoms with E-state index in [0.717, 1.165) is 18.5 Å². The molecule has 0 atom stereocenters. The lowest BCUT2D eigenvalue weighted by Gasteiger charge is -2.06. The number of amides is 2. The number of carbonyl (C=O) groups excluding carboxylic acids is 2. The summed E-state index contributed by atoms with van der Waals surface area (Å²) in [4.78, 5) is 30.2. The molecule has 2 amide bonds. The van der Waals surface area contributed by atoms with Gasteiger partial charge in [0.25, 0.3) is 5.91 Å². The maximum Gasteiger partial charge on any atom is 0.261 e. The van der Waals surface area contributed by atoms with Crippen LogP contribution in [0.15, 0.2) is 17.5 Å². The molecule has 0 saturated carbocycles. The van der Waals surface area contributed by atoms with Gasteiger partial charge in [-0.1, -0.05) is 6.07 Å². The van der Waals surface area contributed by atoms with Crippen molar-refractivity contribution in [1.29, 1.82) is 0 Å². The standard InChI is InChI=1S/C16H19N3O2S2/c20-14(8-3-9-17-15(21)13-7-4-10-22-13)19-16-18-11-5-1-2-6-12(11)23-16/h4,7,10H,1-3,5-6,8-9H2,(H,17,21)(H,18,19,20). The summed E-state index contributed by atoms with van der Waals surface area (Å²) < 4.78 is 0. The highest BCUT2D eigenvalue weighted by Crippen LogP contribution is 2.29. The zero-order chi connectivity index (χ0) is 16.1. The lowest BCUT2D eigenvalue weighted by Crippen LogP contribution is -2.24. The summed E-state index contributed by atoms with van der Waals surface area (Å²) in [7, 11) is 0. The van der Waals surface area contributed by atoms with Crippen molar-refractivity contribution in [2.45, 2.75) is 38.5 Å². The van der Waals surface area contributed by atoms with Gasteiger partial charge in [-0.05, 0) is 43.6 Å². The van der Waals surface area contributed by atoms with Crippen LogP contribution in [0.4, 0.5) is 5.13 Å². The van der Waals surface area contributed by atoms with Crippen molar-refractivity contribution in [3.8, 4) is 0 Å². The molecular formula is C16H19N3O2S2.